The molecule has 25 heavy (non-hydrogen) atoms. The Morgan fingerprint density at radius 2 is 1.68 bits per heavy atom. The van der Waals surface area contributed by atoms with Crippen LogP contribution in [0.4, 0.5) is 0 Å². The number of benzene rings is 1. The minimum absolute atomic E-state index is 0.123. The summed E-state index contributed by atoms with van der Waals surface area (Å²) in [6, 6.07) is 6.43. The van der Waals surface area contributed by atoms with Gasteiger partial charge in [-0.3, -0.25) is 33.8 Å². The molecular formula is C17H16N2O6. The van der Waals surface area contributed by atoms with E-state index in [4.69, 9.17) is 4.74 Å². The summed E-state index contributed by atoms with van der Waals surface area (Å²) in [5, 5.41) is 0. The predicted octanol–water partition coefficient (Wildman–Crippen LogP) is 0.365. The number of imide groups is 2. The third-order valence-corrected chi connectivity index (χ3v) is 4.15. The van der Waals surface area contributed by atoms with Gasteiger partial charge >= 0.3 is 5.97 Å². The Kier molecular flexibility index (Phi) is 4.60. The molecule has 2 aliphatic heterocycles. The lowest BCUT2D eigenvalue weighted by Gasteiger charge is -2.15. The fourth-order valence-corrected chi connectivity index (χ4v) is 2.85. The van der Waals surface area contributed by atoms with Crippen LogP contribution in [0.25, 0.3) is 0 Å². The van der Waals surface area contributed by atoms with Crippen LogP contribution in [-0.2, 0) is 19.1 Å². The van der Waals surface area contributed by atoms with Gasteiger partial charge in [-0.15, -0.1) is 0 Å². The first-order valence-corrected chi connectivity index (χ1v) is 7.93. The Morgan fingerprint density at radius 3 is 2.24 bits per heavy atom. The fourth-order valence-electron chi connectivity index (χ4n) is 2.85. The molecule has 1 aromatic rings. The van der Waals surface area contributed by atoms with Crippen LogP contribution in [0.15, 0.2) is 24.3 Å². The Bertz CT molecular complexity index is 737. The molecule has 0 saturated carbocycles. The highest BCUT2D eigenvalue weighted by Crippen LogP contribution is 2.22. The molecule has 0 unspecified atom stereocenters. The highest BCUT2D eigenvalue weighted by atomic mass is 16.5. The van der Waals surface area contributed by atoms with Crippen LogP contribution in [0.5, 0.6) is 0 Å². The molecule has 1 aromatic carbocycles. The molecule has 3 rings (SSSR count). The van der Waals surface area contributed by atoms with Gasteiger partial charge in [-0.05, 0) is 18.6 Å². The SMILES string of the molecule is O=C(CCN1C(=O)c2ccccc2C1=O)OCC(=O)N1CCCC1=O. The molecule has 4 amide bonds. The number of fused-ring (bicyclic) bond motifs is 1. The second-order valence-electron chi connectivity index (χ2n) is 5.76. The summed E-state index contributed by atoms with van der Waals surface area (Å²) >= 11 is 0. The molecule has 1 saturated heterocycles. The van der Waals surface area contributed by atoms with Crippen molar-refractivity contribution in [3.8, 4) is 0 Å². The van der Waals surface area contributed by atoms with Crippen LogP contribution >= 0.6 is 0 Å². The molecular weight excluding hydrogens is 328 g/mol. The van der Waals surface area contributed by atoms with Crippen LogP contribution in [0.3, 0.4) is 0 Å². The minimum atomic E-state index is -0.712. The summed E-state index contributed by atoms with van der Waals surface area (Å²) in [6.45, 7) is -0.307. The quantitative estimate of drug-likeness (QED) is 0.565. The molecule has 0 radical (unpaired) electrons. The van der Waals surface area contributed by atoms with Crippen molar-refractivity contribution in [2.75, 3.05) is 19.7 Å². The average Bonchev–Trinajstić information content (AvgIpc) is 3.14. The predicted molar refractivity (Wildman–Crippen MR) is 83.3 cm³/mol. The number of carbonyl (C=O) groups excluding carboxylic acids is 5. The van der Waals surface area contributed by atoms with Gasteiger partial charge in [-0.1, -0.05) is 12.1 Å². The minimum Gasteiger partial charge on any atom is -0.455 e. The monoisotopic (exact) mass is 344 g/mol. The summed E-state index contributed by atoms with van der Waals surface area (Å²) < 4.78 is 4.84. The van der Waals surface area contributed by atoms with Crippen molar-refractivity contribution in [3.05, 3.63) is 35.4 Å². The van der Waals surface area contributed by atoms with Crippen molar-refractivity contribution >= 4 is 29.6 Å². The van der Waals surface area contributed by atoms with E-state index in [2.05, 4.69) is 0 Å². The van der Waals surface area contributed by atoms with Gasteiger partial charge in [0.25, 0.3) is 17.7 Å². The molecule has 0 spiro atoms. The van der Waals surface area contributed by atoms with Gasteiger partial charge in [-0.2, -0.15) is 0 Å². The third kappa shape index (κ3) is 3.28. The van der Waals surface area contributed by atoms with Crippen LogP contribution < -0.4 is 0 Å². The molecule has 2 heterocycles. The maximum absolute atomic E-state index is 12.2. The van der Waals surface area contributed by atoms with E-state index in [1.165, 1.54) is 0 Å². The zero-order valence-corrected chi connectivity index (χ0v) is 13.4. The van der Waals surface area contributed by atoms with Crippen LogP contribution in [0, 0.1) is 0 Å². The van der Waals surface area contributed by atoms with Crippen molar-refractivity contribution in [1.29, 1.82) is 0 Å². The molecule has 0 N–H and O–H groups in total. The topological polar surface area (TPSA) is 101 Å². The second kappa shape index (κ2) is 6.84. The summed E-state index contributed by atoms with van der Waals surface area (Å²) in [5.41, 5.74) is 0.618. The lowest BCUT2D eigenvalue weighted by Crippen LogP contribution is -2.36. The molecule has 8 heteroatoms. The summed E-state index contributed by atoms with van der Waals surface area (Å²) in [4.78, 5) is 61.3. The number of amides is 4. The Labute approximate surface area is 143 Å². The van der Waals surface area contributed by atoms with Gasteiger partial charge in [0.15, 0.2) is 6.61 Å². The second-order valence-corrected chi connectivity index (χ2v) is 5.76. The van der Waals surface area contributed by atoms with Crippen molar-refractivity contribution in [1.82, 2.24) is 9.80 Å². The number of rotatable bonds is 5. The van der Waals surface area contributed by atoms with Gasteiger partial charge in [-0.25, -0.2) is 0 Å². The highest BCUT2D eigenvalue weighted by Gasteiger charge is 2.35. The lowest BCUT2D eigenvalue weighted by molar-refractivity contribution is -0.154. The van der Waals surface area contributed by atoms with Crippen LogP contribution in [-0.4, -0.2) is 59.1 Å². The molecule has 0 aromatic heterocycles. The van der Waals surface area contributed by atoms with E-state index in [1.807, 2.05) is 0 Å². The van der Waals surface area contributed by atoms with E-state index >= 15 is 0 Å². The molecule has 8 nitrogen and oxygen atoms in total. The van der Waals surface area contributed by atoms with Gasteiger partial charge < -0.3 is 4.74 Å². The Morgan fingerprint density at radius 1 is 1.04 bits per heavy atom. The van der Waals surface area contributed by atoms with Crippen LogP contribution in [0.1, 0.15) is 40.0 Å². The number of nitrogens with zero attached hydrogens (tertiary/aromatic N) is 2. The molecule has 2 aliphatic rings. The van der Waals surface area contributed by atoms with Crippen molar-refractivity contribution < 1.29 is 28.7 Å². The van der Waals surface area contributed by atoms with E-state index in [9.17, 15) is 24.0 Å². The molecule has 130 valence electrons. The van der Waals surface area contributed by atoms with E-state index in [1.54, 1.807) is 24.3 Å². The largest absolute Gasteiger partial charge is 0.455 e. The maximum Gasteiger partial charge on any atom is 0.308 e. The van der Waals surface area contributed by atoms with E-state index in [0.29, 0.717) is 30.5 Å². The van der Waals surface area contributed by atoms with Gasteiger partial charge in [0.1, 0.15) is 0 Å². The van der Waals surface area contributed by atoms with E-state index in [0.717, 1.165) is 9.80 Å². The van der Waals surface area contributed by atoms with Crippen molar-refractivity contribution in [2.24, 2.45) is 0 Å². The van der Waals surface area contributed by atoms with Crippen molar-refractivity contribution in [2.45, 2.75) is 19.3 Å². The molecule has 0 atom stereocenters. The number of hydrogen-bond donors (Lipinski definition) is 0. The number of esters is 1. The van der Waals surface area contributed by atoms with E-state index < -0.39 is 30.3 Å². The summed E-state index contributed by atoms with van der Waals surface area (Å²) in [5.74, 6) is -2.44. The normalized spacial score (nSPS) is 16.4. The standard InChI is InChI=1S/C17H16N2O6/c20-13-6-3-8-18(13)14(21)10-25-15(22)7-9-19-16(23)11-4-1-2-5-12(11)17(19)24/h1-2,4-5H,3,6-10H2. The number of carbonyl (C=O) groups is 5. The Balaban J connectivity index is 1.48. The zero-order chi connectivity index (χ0) is 18.0. The fraction of sp³-hybridized carbons (Fsp3) is 0.353. The first-order chi connectivity index (χ1) is 12.0. The average molecular weight is 344 g/mol. The van der Waals surface area contributed by atoms with Crippen molar-refractivity contribution in [3.63, 3.8) is 0 Å². The number of likely N-dealkylation sites (tertiary alicyclic amines) is 1. The number of hydrogen-bond acceptors (Lipinski definition) is 6. The Hall–Kier alpha value is -3.03. The first kappa shape index (κ1) is 16.8. The molecule has 0 aliphatic carbocycles. The lowest BCUT2D eigenvalue weighted by atomic mass is 10.1. The number of ether oxygens (including phenoxy) is 1. The highest BCUT2D eigenvalue weighted by molar-refractivity contribution is 6.21. The third-order valence-electron chi connectivity index (χ3n) is 4.15. The molecule has 1 fully saturated rings. The maximum atomic E-state index is 12.2. The van der Waals surface area contributed by atoms with Gasteiger partial charge in [0, 0.05) is 19.5 Å². The van der Waals surface area contributed by atoms with E-state index in [-0.39, 0.29) is 18.9 Å². The van der Waals surface area contributed by atoms with Gasteiger partial charge in [0.2, 0.25) is 5.91 Å². The summed E-state index contributed by atoms with van der Waals surface area (Å²) in [7, 11) is 0. The zero-order valence-electron chi connectivity index (χ0n) is 13.4. The molecule has 0 bridgehead atoms. The first-order valence-electron chi connectivity index (χ1n) is 7.93. The van der Waals surface area contributed by atoms with Crippen LogP contribution in [0.2, 0.25) is 0 Å². The van der Waals surface area contributed by atoms with Gasteiger partial charge in [0.05, 0.1) is 17.5 Å². The summed E-state index contributed by atoms with van der Waals surface area (Å²) in [6.07, 6.45) is 0.713. The smallest absolute Gasteiger partial charge is 0.308 e.